The molecule has 2 N–H and O–H groups in total. The first kappa shape index (κ1) is 17.1. The fraction of sp³-hybridized carbons (Fsp3) is 0.211. The standard InChI is InChI=1S/C19H17F3N2O/c1-11-8-9-13(10-14(11)19(20,21)22)15-17(25)16(24-18(15)23-2)12-6-4-3-5-7-12/h3-10,16,23-24H,1-2H3. The summed E-state index contributed by atoms with van der Waals surface area (Å²) in [7, 11) is 1.63. The normalized spacial score (nSPS) is 17.6. The van der Waals surface area contributed by atoms with Crippen LogP contribution in [0.2, 0.25) is 0 Å². The summed E-state index contributed by atoms with van der Waals surface area (Å²) in [6.45, 7) is 1.40. The van der Waals surface area contributed by atoms with E-state index in [-0.39, 0.29) is 22.5 Å². The first-order chi connectivity index (χ1) is 11.8. The highest BCUT2D eigenvalue weighted by atomic mass is 19.4. The lowest BCUT2D eigenvalue weighted by Gasteiger charge is -2.13. The van der Waals surface area contributed by atoms with Crippen molar-refractivity contribution in [3.05, 3.63) is 76.6 Å². The summed E-state index contributed by atoms with van der Waals surface area (Å²) in [5, 5.41) is 5.95. The van der Waals surface area contributed by atoms with Crippen molar-refractivity contribution in [3.63, 3.8) is 0 Å². The zero-order valence-corrected chi connectivity index (χ0v) is 13.7. The second-order valence-electron chi connectivity index (χ2n) is 5.88. The van der Waals surface area contributed by atoms with Crippen LogP contribution in [0.5, 0.6) is 0 Å². The fourth-order valence-corrected chi connectivity index (χ4v) is 3.00. The molecule has 0 amide bonds. The van der Waals surface area contributed by atoms with E-state index in [0.29, 0.717) is 5.82 Å². The number of ketones is 1. The van der Waals surface area contributed by atoms with Crippen molar-refractivity contribution < 1.29 is 18.0 Å². The third-order valence-corrected chi connectivity index (χ3v) is 4.26. The molecule has 0 aromatic heterocycles. The van der Waals surface area contributed by atoms with E-state index in [1.54, 1.807) is 13.1 Å². The Labute approximate surface area is 143 Å². The second kappa shape index (κ2) is 6.27. The van der Waals surface area contributed by atoms with E-state index >= 15 is 0 Å². The summed E-state index contributed by atoms with van der Waals surface area (Å²) in [6.07, 6.45) is -4.46. The highest BCUT2D eigenvalue weighted by Gasteiger charge is 2.37. The highest BCUT2D eigenvalue weighted by Crippen LogP contribution is 2.37. The summed E-state index contributed by atoms with van der Waals surface area (Å²) in [4.78, 5) is 12.9. The third-order valence-electron chi connectivity index (χ3n) is 4.26. The molecule has 0 aliphatic carbocycles. The number of carbonyl (C=O) groups excluding carboxylic acids is 1. The average molecular weight is 346 g/mol. The minimum Gasteiger partial charge on any atom is -0.374 e. The molecule has 0 saturated heterocycles. The second-order valence-corrected chi connectivity index (χ2v) is 5.88. The molecule has 0 radical (unpaired) electrons. The van der Waals surface area contributed by atoms with Crippen molar-refractivity contribution in [2.75, 3.05) is 7.05 Å². The molecule has 1 aliphatic rings. The van der Waals surface area contributed by atoms with E-state index in [1.807, 2.05) is 30.3 Å². The highest BCUT2D eigenvalue weighted by molar-refractivity contribution is 6.26. The maximum absolute atomic E-state index is 13.2. The molecule has 3 nitrogen and oxygen atoms in total. The summed E-state index contributed by atoms with van der Waals surface area (Å²) < 4.78 is 39.6. The van der Waals surface area contributed by atoms with E-state index in [1.165, 1.54) is 13.0 Å². The summed E-state index contributed by atoms with van der Waals surface area (Å²) in [6, 6.07) is 12.4. The van der Waals surface area contributed by atoms with Crippen LogP contribution in [0, 0.1) is 6.92 Å². The van der Waals surface area contributed by atoms with Gasteiger partial charge in [-0.25, -0.2) is 0 Å². The molecular formula is C19H17F3N2O. The number of Topliss-reactive ketones (excluding diaryl/α,β-unsaturated/α-hetero) is 1. The summed E-state index contributed by atoms with van der Waals surface area (Å²) in [5.41, 5.74) is 0.642. The van der Waals surface area contributed by atoms with E-state index in [4.69, 9.17) is 0 Å². The number of benzene rings is 2. The Morgan fingerprint density at radius 1 is 1.08 bits per heavy atom. The van der Waals surface area contributed by atoms with Crippen molar-refractivity contribution in [3.8, 4) is 0 Å². The van der Waals surface area contributed by atoms with Crippen LogP contribution in [-0.2, 0) is 11.0 Å². The van der Waals surface area contributed by atoms with Gasteiger partial charge >= 0.3 is 6.18 Å². The van der Waals surface area contributed by atoms with Crippen molar-refractivity contribution in [1.82, 2.24) is 10.6 Å². The molecule has 0 saturated carbocycles. The van der Waals surface area contributed by atoms with Gasteiger partial charge in [-0.2, -0.15) is 13.2 Å². The number of aryl methyl sites for hydroxylation is 1. The van der Waals surface area contributed by atoms with Crippen LogP contribution in [0.15, 0.2) is 54.4 Å². The molecule has 0 fully saturated rings. The van der Waals surface area contributed by atoms with Gasteiger partial charge in [0.05, 0.1) is 11.1 Å². The Balaban J connectivity index is 2.05. The quantitative estimate of drug-likeness (QED) is 0.888. The zero-order chi connectivity index (χ0) is 18.2. The predicted octanol–water partition coefficient (Wildman–Crippen LogP) is 3.82. The molecule has 0 spiro atoms. The van der Waals surface area contributed by atoms with Crippen LogP contribution in [0.3, 0.4) is 0 Å². The SMILES string of the molecule is CNC1=C(c2ccc(C)c(C(F)(F)F)c2)C(=O)C(c2ccccc2)N1. The number of carbonyl (C=O) groups is 1. The van der Waals surface area contributed by atoms with Gasteiger partial charge in [-0.1, -0.05) is 42.5 Å². The van der Waals surface area contributed by atoms with Crippen molar-refractivity contribution in [1.29, 1.82) is 0 Å². The first-order valence-corrected chi connectivity index (χ1v) is 7.79. The van der Waals surface area contributed by atoms with Crippen LogP contribution in [0.25, 0.3) is 5.57 Å². The molecule has 0 bridgehead atoms. The van der Waals surface area contributed by atoms with Crippen LogP contribution in [0.4, 0.5) is 13.2 Å². The largest absolute Gasteiger partial charge is 0.416 e. The molecule has 1 heterocycles. The first-order valence-electron chi connectivity index (χ1n) is 7.79. The van der Waals surface area contributed by atoms with Crippen LogP contribution in [-0.4, -0.2) is 12.8 Å². The van der Waals surface area contributed by atoms with Gasteiger partial charge in [-0.05, 0) is 29.7 Å². The van der Waals surface area contributed by atoms with Gasteiger partial charge in [0.1, 0.15) is 11.9 Å². The van der Waals surface area contributed by atoms with Gasteiger partial charge in [-0.15, -0.1) is 0 Å². The Kier molecular flexibility index (Phi) is 4.29. The molecule has 1 atom stereocenters. The number of rotatable bonds is 3. The third kappa shape index (κ3) is 3.12. The maximum Gasteiger partial charge on any atom is 0.416 e. The lowest BCUT2D eigenvalue weighted by Crippen LogP contribution is -2.24. The molecule has 3 rings (SSSR count). The van der Waals surface area contributed by atoms with Crippen molar-refractivity contribution in [2.24, 2.45) is 0 Å². The van der Waals surface area contributed by atoms with Crippen LogP contribution in [0.1, 0.15) is 28.3 Å². The zero-order valence-electron chi connectivity index (χ0n) is 13.7. The molecule has 2 aromatic carbocycles. The summed E-state index contributed by atoms with van der Waals surface area (Å²) >= 11 is 0. The van der Waals surface area contributed by atoms with Gasteiger partial charge in [-0.3, -0.25) is 4.79 Å². The molecular weight excluding hydrogens is 329 g/mol. The number of hydrogen-bond acceptors (Lipinski definition) is 3. The molecule has 1 aliphatic heterocycles. The molecule has 1 unspecified atom stereocenters. The molecule has 2 aromatic rings. The fourth-order valence-electron chi connectivity index (χ4n) is 3.00. The number of nitrogens with one attached hydrogen (secondary N) is 2. The minimum absolute atomic E-state index is 0.126. The number of hydrogen-bond donors (Lipinski definition) is 2. The molecule has 130 valence electrons. The summed E-state index contributed by atoms with van der Waals surface area (Å²) in [5.74, 6) is 0.170. The van der Waals surface area contributed by atoms with Crippen molar-refractivity contribution >= 4 is 11.4 Å². The Morgan fingerprint density at radius 3 is 2.36 bits per heavy atom. The van der Waals surface area contributed by atoms with E-state index in [2.05, 4.69) is 10.6 Å². The monoisotopic (exact) mass is 346 g/mol. The topological polar surface area (TPSA) is 41.1 Å². The number of alkyl halides is 3. The van der Waals surface area contributed by atoms with Gasteiger partial charge in [0.25, 0.3) is 0 Å². The van der Waals surface area contributed by atoms with E-state index in [9.17, 15) is 18.0 Å². The Morgan fingerprint density at radius 2 is 1.76 bits per heavy atom. The van der Waals surface area contributed by atoms with Gasteiger partial charge in [0, 0.05) is 7.05 Å². The van der Waals surface area contributed by atoms with Crippen molar-refractivity contribution in [2.45, 2.75) is 19.1 Å². The smallest absolute Gasteiger partial charge is 0.374 e. The number of halogens is 3. The lowest BCUT2D eigenvalue weighted by molar-refractivity contribution is -0.138. The Hall–Kier alpha value is -2.76. The molecule has 25 heavy (non-hydrogen) atoms. The Bertz CT molecular complexity index is 841. The van der Waals surface area contributed by atoms with Gasteiger partial charge in [0.2, 0.25) is 0 Å². The van der Waals surface area contributed by atoms with Gasteiger partial charge < -0.3 is 10.6 Å². The predicted molar refractivity (Wildman–Crippen MR) is 89.5 cm³/mol. The molecule has 6 heteroatoms. The maximum atomic E-state index is 13.2. The van der Waals surface area contributed by atoms with E-state index < -0.39 is 17.8 Å². The van der Waals surface area contributed by atoms with E-state index in [0.717, 1.165) is 11.6 Å². The van der Waals surface area contributed by atoms with Gasteiger partial charge in [0.15, 0.2) is 5.78 Å². The lowest BCUT2D eigenvalue weighted by atomic mass is 9.94. The van der Waals surface area contributed by atoms with Crippen LogP contribution >= 0.6 is 0 Å². The minimum atomic E-state index is -4.46. The van der Waals surface area contributed by atoms with Crippen LogP contribution < -0.4 is 10.6 Å². The average Bonchev–Trinajstić information content (AvgIpc) is 2.92.